The number of hydrogen-bond donors (Lipinski definition) is 4. The van der Waals surface area contributed by atoms with Gasteiger partial charge in [0.1, 0.15) is 12.1 Å². The van der Waals surface area contributed by atoms with Crippen molar-refractivity contribution in [2.24, 2.45) is 5.73 Å². The molecule has 8 heteroatoms. The third-order valence-electron chi connectivity index (χ3n) is 7.45. The third kappa shape index (κ3) is 4.62. The van der Waals surface area contributed by atoms with Crippen molar-refractivity contribution in [2.45, 2.75) is 43.6 Å². The van der Waals surface area contributed by atoms with Crippen LogP contribution in [0.5, 0.6) is 0 Å². The zero-order chi connectivity index (χ0) is 26.0. The van der Waals surface area contributed by atoms with Crippen molar-refractivity contribution in [3.05, 3.63) is 83.4 Å². The Balaban J connectivity index is 1.31. The molecule has 2 aliphatic rings. The Hall–Kier alpha value is -4.33. The van der Waals surface area contributed by atoms with Crippen molar-refractivity contribution in [3.8, 4) is 11.1 Å². The van der Waals surface area contributed by atoms with Crippen molar-refractivity contribution in [1.82, 2.24) is 5.32 Å². The molecule has 1 saturated carbocycles. The lowest BCUT2D eigenvalue weighted by Crippen LogP contribution is -2.58. The number of amides is 3. The Bertz CT molecular complexity index is 1320. The van der Waals surface area contributed by atoms with Gasteiger partial charge in [0.25, 0.3) is 5.91 Å². The maximum absolute atomic E-state index is 13.5. The van der Waals surface area contributed by atoms with Crippen LogP contribution in [0.15, 0.2) is 66.7 Å². The molecule has 0 radical (unpaired) electrons. The minimum Gasteiger partial charge on any atom is -0.449 e. The van der Waals surface area contributed by atoms with Crippen LogP contribution in [0.4, 0.5) is 16.2 Å². The highest BCUT2D eigenvalue weighted by Gasteiger charge is 2.42. The molecule has 3 aromatic carbocycles. The molecule has 3 amide bonds. The summed E-state index contributed by atoms with van der Waals surface area (Å²) in [5, 5.41) is 5.68. The number of nitrogens with two attached hydrogens (primary N) is 2. The van der Waals surface area contributed by atoms with Gasteiger partial charge < -0.3 is 26.8 Å². The van der Waals surface area contributed by atoms with Crippen LogP contribution < -0.4 is 22.1 Å². The Morgan fingerprint density at radius 1 is 0.865 bits per heavy atom. The van der Waals surface area contributed by atoms with Crippen LogP contribution in [-0.2, 0) is 9.53 Å². The number of alkyl carbamates (subject to hydrolysis) is 1. The van der Waals surface area contributed by atoms with Crippen LogP contribution in [0.3, 0.4) is 0 Å². The number of primary amides is 1. The van der Waals surface area contributed by atoms with Gasteiger partial charge in [0.15, 0.2) is 0 Å². The summed E-state index contributed by atoms with van der Waals surface area (Å²) in [7, 11) is 0. The molecular formula is C29H30N4O4. The lowest BCUT2D eigenvalue weighted by Gasteiger charge is -2.36. The molecule has 0 spiro atoms. The summed E-state index contributed by atoms with van der Waals surface area (Å²) in [4.78, 5) is 38.2. The molecule has 8 nitrogen and oxygen atoms in total. The largest absolute Gasteiger partial charge is 0.449 e. The van der Waals surface area contributed by atoms with E-state index < -0.39 is 23.4 Å². The number of nitrogen functional groups attached to an aromatic ring is 1. The fourth-order valence-electron chi connectivity index (χ4n) is 5.53. The quantitative estimate of drug-likeness (QED) is 0.370. The highest BCUT2D eigenvalue weighted by atomic mass is 16.5. The van der Waals surface area contributed by atoms with E-state index in [9.17, 15) is 14.4 Å². The van der Waals surface area contributed by atoms with Gasteiger partial charge in [-0.2, -0.15) is 0 Å². The summed E-state index contributed by atoms with van der Waals surface area (Å²) in [6.07, 6.45) is 2.84. The first-order chi connectivity index (χ1) is 17.9. The van der Waals surface area contributed by atoms with Crippen LogP contribution in [0.25, 0.3) is 11.1 Å². The topological polar surface area (TPSA) is 137 Å². The number of rotatable bonds is 6. The number of ether oxygens (including phenoxy) is 1. The Labute approximate surface area is 215 Å². The molecular weight excluding hydrogens is 468 g/mol. The maximum atomic E-state index is 13.5. The zero-order valence-electron chi connectivity index (χ0n) is 20.5. The van der Waals surface area contributed by atoms with Crippen molar-refractivity contribution < 1.29 is 19.1 Å². The monoisotopic (exact) mass is 498 g/mol. The first-order valence-electron chi connectivity index (χ1n) is 12.5. The van der Waals surface area contributed by atoms with Gasteiger partial charge in [0.05, 0.1) is 16.9 Å². The number of fused-ring (bicyclic) bond motifs is 3. The molecule has 5 rings (SSSR count). The van der Waals surface area contributed by atoms with Gasteiger partial charge in [-0.05, 0) is 47.2 Å². The van der Waals surface area contributed by atoms with Gasteiger partial charge >= 0.3 is 6.09 Å². The van der Waals surface area contributed by atoms with Crippen molar-refractivity contribution in [3.63, 3.8) is 0 Å². The SMILES string of the molecule is NC(=O)c1cccc(NC(=O)C2(NC(=O)OCC3c4ccccc4-c4ccccc43)CCCCC2)c1N. The minimum atomic E-state index is -1.14. The summed E-state index contributed by atoms with van der Waals surface area (Å²) in [6, 6.07) is 20.9. The number of benzene rings is 3. The second-order valence-electron chi connectivity index (χ2n) is 9.68. The molecule has 6 N–H and O–H groups in total. The van der Waals surface area contributed by atoms with Gasteiger partial charge in [-0.1, -0.05) is 73.9 Å². The van der Waals surface area contributed by atoms with Gasteiger partial charge in [-0.15, -0.1) is 0 Å². The highest BCUT2D eigenvalue weighted by molar-refractivity contribution is 6.06. The van der Waals surface area contributed by atoms with E-state index in [-0.39, 0.29) is 29.5 Å². The average Bonchev–Trinajstić information content (AvgIpc) is 3.22. The van der Waals surface area contributed by atoms with Crippen LogP contribution >= 0.6 is 0 Å². The lowest BCUT2D eigenvalue weighted by atomic mass is 9.81. The smallest absolute Gasteiger partial charge is 0.408 e. The van der Waals surface area contributed by atoms with Crippen LogP contribution in [-0.4, -0.2) is 30.1 Å². The predicted molar refractivity (Wildman–Crippen MR) is 142 cm³/mol. The van der Waals surface area contributed by atoms with Gasteiger partial charge in [0, 0.05) is 5.92 Å². The first kappa shape index (κ1) is 24.4. The van der Waals surface area contributed by atoms with Crippen molar-refractivity contribution >= 4 is 29.3 Å². The molecule has 190 valence electrons. The van der Waals surface area contributed by atoms with Gasteiger partial charge in [0.2, 0.25) is 5.91 Å². The third-order valence-corrected chi connectivity index (χ3v) is 7.45. The van der Waals surface area contributed by atoms with Gasteiger partial charge in [-0.25, -0.2) is 4.79 Å². The van der Waals surface area contributed by atoms with Crippen LogP contribution in [0, 0.1) is 0 Å². The van der Waals surface area contributed by atoms with E-state index in [2.05, 4.69) is 34.9 Å². The second kappa shape index (κ2) is 9.97. The van der Waals surface area contributed by atoms with Crippen molar-refractivity contribution in [2.75, 3.05) is 17.7 Å². The number of hydrogen-bond acceptors (Lipinski definition) is 5. The molecule has 2 aliphatic carbocycles. The van der Waals surface area contributed by atoms with E-state index >= 15 is 0 Å². The van der Waals surface area contributed by atoms with Gasteiger partial charge in [-0.3, -0.25) is 9.59 Å². The summed E-state index contributed by atoms with van der Waals surface area (Å²) in [5.74, 6) is -1.16. The van der Waals surface area contributed by atoms with E-state index in [1.54, 1.807) is 12.1 Å². The molecule has 0 aliphatic heterocycles. The number of para-hydroxylation sites is 1. The van der Waals surface area contributed by atoms with Crippen molar-refractivity contribution in [1.29, 1.82) is 0 Å². The Kier molecular flexibility index (Phi) is 6.56. The fraction of sp³-hybridized carbons (Fsp3) is 0.276. The summed E-state index contributed by atoms with van der Waals surface area (Å²) in [5.41, 5.74) is 15.3. The Morgan fingerprint density at radius 3 is 2.11 bits per heavy atom. The average molecular weight is 499 g/mol. The standard InChI is InChI=1S/C29H30N4O4/c30-25-22(26(31)34)13-8-14-24(25)32-27(35)29(15-6-1-7-16-29)33-28(36)37-17-23-20-11-4-2-9-18(20)19-10-3-5-12-21(19)23/h2-5,8-14,23H,1,6-7,15-17,30H2,(H2,31,34)(H,32,35)(H,33,36). The summed E-state index contributed by atoms with van der Waals surface area (Å²) in [6.45, 7) is 0.158. The summed E-state index contributed by atoms with van der Waals surface area (Å²) >= 11 is 0. The summed E-state index contributed by atoms with van der Waals surface area (Å²) < 4.78 is 5.73. The van der Waals surface area contributed by atoms with E-state index in [1.807, 2.05) is 24.3 Å². The normalized spacial score (nSPS) is 15.8. The van der Waals surface area contributed by atoms with E-state index in [1.165, 1.54) is 6.07 Å². The first-order valence-corrected chi connectivity index (χ1v) is 12.5. The number of carbonyl (C=O) groups is 3. The van der Waals surface area contributed by atoms with Crippen LogP contribution in [0.1, 0.15) is 59.5 Å². The molecule has 0 bridgehead atoms. The maximum Gasteiger partial charge on any atom is 0.408 e. The molecule has 0 saturated heterocycles. The van der Waals surface area contributed by atoms with Crippen LogP contribution in [0.2, 0.25) is 0 Å². The highest BCUT2D eigenvalue weighted by Crippen LogP contribution is 2.44. The number of carbonyl (C=O) groups excluding carboxylic acids is 3. The van der Waals surface area contributed by atoms with E-state index in [0.717, 1.165) is 41.5 Å². The number of anilines is 2. The molecule has 37 heavy (non-hydrogen) atoms. The molecule has 0 unspecified atom stereocenters. The Morgan fingerprint density at radius 2 is 1.49 bits per heavy atom. The molecule has 3 aromatic rings. The molecule has 1 fully saturated rings. The molecule has 0 heterocycles. The predicted octanol–water partition coefficient (Wildman–Crippen LogP) is 4.55. The minimum absolute atomic E-state index is 0.0781. The molecule has 0 aromatic heterocycles. The zero-order valence-corrected chi connectivity index (χ0v) is 20.5. The molecule has 0 atom stereocenters. The second-order valence-corrected chi connectivity index (χ2v) is 9.68. The number of nitrogens with one attached hydrogen (secondary N) is 2. The lowest BCUT2D eigenvalue weighted by molar-refractivity contribution is -0.123. The van der Waals surface area contributed by atoms with E-state index in [0.29, 0.717) is 12.8 Å². The van der Waals surface area contributed by atoms with E-state index in [4.69, 9.17) is 16.2 Å². The fourth-order valence-corrected chi connectivity index (χ4v) is 5.53.